The van der Waals surface area contributed by atoms with Crippen LogP contribution in [-0.4, -0.2) is 17.8 Å². The molecule has 1 unspecified atom stereocenters. The van der Waals surface area contributed by atoms with E-state index in [4.69, 9.17) is 11.6 Å². The molecule has 2 nitrogen and oxygen atoms in total. The lowest BCUT2D eigenvalue weighted by molar-refractivity contribution is 0.0935. The van der Waals surface area contributed by atoms with Gasteiger partial charge in [-0.3, -0.25) is 4.79 Å². The highest BCUT2D eigenvalue weighted by molar-refractivity contribution is 9.10. The van der Waals surface area contributed by atoms with E-state index < -0.39 is 11.7 Å². The summed E-state index contributed by atoms with van der Waals surface area (Å²) in [7, 11) is 0. The monoisotopic (exact) mass is 307 g/mol. The van der Waals surface area contributed by atoms with Crippen molar-refractivity contribution in [2.45, 2.75) is 19.4 Å². The molecule has 0 spiro atoms. The first-order valence-corrected chi connectivity index (χ1v) is 6.20. The van der Waals surface area contributed by atoms with Gasteiger partial charge in [0.25, 0.3) is 5.91 Å². The van der Waals surface area contributed by atoms with Crippen LogP contribution in [0.5, 0.6) is 0 Å². The number of hydrogen-bond donors (Lipinski definition) is 1. The highest BCUT2D eigenvalue weighted by Gasteiger charge is 2.15. The third kappa shape index (κ3) is 3.46. The van der Waals surface area contributed by atoms with Gasteiger partial charge in [-0.2, -0.15) is 0 Å². The Kier molecular flexibility index (Phi) is 5.22. The van der Waals surface area contributed by atoms with Crippen LogP contribution in [0.1, 0.15) is 23.7 Å². The summed E-state index contributed by atoms with van der Waals surface area (Å²) in [5, 5.41) is 2.68. The Bertz CT molecular complexity index is 386. The van der Waals surface area contributed by atoms with Crippen molar-refractivity contribution in [3.8, 4) is 0 Å². The van der Waals surface area contributed by atoms with E-state index in [-0.39, 0.29) is 16.1 Å². The molecule has 0 aliphatic heterocycles. The van der Waals surface area contributed by atoms with Crippen molar-refractivity contribution >= 4 is 33.4 Å². The minimum atomic E-state index is -0.543. The van der Waals surface area contributed by atoms with Crippen LogP contribution in [0.25, 0.3) is 0 Å². The van der Waals surface area contributed by atoms with Gasteiger partial charge in [0, 0.05) is 11.9 Å². The minimum Gasteiger partial charge on any atom is -0.349 e. The first-order chi connectivity index (χ1) is 7.56. The molecule has 0 heterocycles. The lowest BCUT2D eigenvalue weighted by atomic mass is 10.1. The fourth-order valence-electron chi connectivity index (χ4n) is 1.22. The van der Waals surface area contributed by atoms with E-state index in [0.29, 0.717) is 12.3 Å². The normalized spacial score (nSPS) is 12.2. The number of carbonyl (C=O) groups excluding carboxylic acids is 1. The Balaban J connectivity index is 2.77. The zero-order valence-corrected chi connectivity index (χ0v) is 11.1. The summed E-state index contributed by atoms with van der Waals surface area (Å²) in [6, 6.07) is 4.55. The fraction of sp³-hybridized carbons (Fsp3) is 0.364. The average Bonchev–Trinajstić information content (AvgIpc) is 2.22. The average molecular weight is 309 g/mol. The standard InChI is InChI=1S/C11H12BrClFNO/c1-7(5-6-13)15-11(16)8-3-2-4-9(12)10(8)14/h2-4,7H,5-6H2,1H3,(H,15,16). The maximum atomic E-state index is 13.6. The molecule has 1 aromatic carbocycles. The number of rotatable bonds is 4. The van der Waals surface area contributed by atoms with Gasteiger partial charge in [-0.05, 0) is 41.4 Å². The molecule has 88 valence electrons. The second kappa shape index (κ2) is 6.21. The van der Waals surface area contributed by atoms with Crippen LogP contribution < -0.4 is 5.32 Å². The van der Waals surface area contributed by atoms with Crippen molar-refractivity contribution in [3.63, 3.8) is 0 Å². The van der Waals surface area contributed by atoms with Gasteiger partial charge < -0.3 is 5.32 Å². The predicted molar refractivity (Wildman–Crippen MR) is 66.4 cm³/mol. The van der Waals surface area contributed by atoms with Crippen molar-refractivity contribution in [1.82, 2.24) is 5.32 Å². The second-order valence-electron chi connectivity index (χ2n) is 3.45. The Morgan fingerprint density at radius 2 is 2.31 bits per heavy atom. The number of alkyl halides is 1. The third-order valence-corrected chi connectivity index (χ3v) is 2.95. The van der Waals surface area contributed by atoms with Crippen LogP contribution in [0, 0.1) is 5.82 Å². The smallest absolute Gasteiger partial charge is 0.254 e. The van der Waals surface area contributed by atoms with Gasteiger partial charge in [0.15, 0.2) is 0 Å². The van der Waals surface area contributed by atoms with Gasteiger partial charge in [-0.1, -0.05) is 6.07 Å². The lowest BCUT2D eigenvalue weighted by Gasteiger charge is -2.12. The number of carbonyl (C=O) groups is 1. The molecule has 0 bridgehead atoms. The highest BCUT2D eigenvalue weighted by atomic mass is 79.9. The molecule has 0 aliphatic rings. The quantitative estimate of drug-likeness (QED) is 0.849. The first kappa shape index (κ1) is 13.5. The first-order valence-electron chi connectivity index (χ1n) is 4.87. The molecule has 5 heteroatoms. The number of nitrogens with one attached hydrogen (secondary N) is 1. The van der Waals surface area contributed by atoms with Crippen LogP contribution in [-0.2, 0) is 0 Å². The second-order valence-corrected chi connectivity index (χ2v) is 4.69. The van der Waals surface area contributed by atoms with Gasteiger partial charge >= 0.3 is 0 Å². The van der Waals surface area contributed by atoms with Crippen LogP contribution in [0.15, 0.2) is 22.7 Å². The number of halogens is 3. The van der Waals surface area contributed by atoms with Crippen molar-refractivity contribution in [3.05, 3.63) is 34.1 Å². The summed E-state index contributed by atoms with van der Waals surface area (Å²) < 4.78 is 13.8. The van der Waals surface area contributed by atoms with Crippen molar-refractivity contribution < 1.29 is 9.18 Å². The van der Waals surface area contributed by atoms with E-state index in [1.54, 1.807) is 12.1 Å². The van der Waals surface area contributed by atoms with E-state index in [1.807, 2.05) is 6.92 Å². The minimum absolute atomic E-state index is 0.0378. The topological polar surface area (TPSA) is 29.1 Å². The highest BCUT2D eigenvalue weighted by Crippen LogP contribution is 2.18. The van der Waals surface area contributed by atoms with E-state index in [9.17, 15) is 9.18 Å². The zero-order valence-electron chi connectivity index (χ0n) is 8.77. The van der Waals surface area contributed by atoms with Crippen molar-refractivity contribution in [2.24, 2.45) is 0 Å². The Labute approximate surface area is 107 Å². The molecule has 0 radical (unpaired) electrons. The maximum Gasteiger partial charge on any atom is 0.254 e. The summed E-state index contributed by atoms with van der Waals surface area (Å²) >= 11 is 8.58. The Hall–Kier alpha value is -0.610. The molecule has 0 saturated heterocycles. The zero-order chi connectivity index (χ0) is 12.1. The molecule has 1 N–H and O–H groups in total. The van der Waals surface area contributed by atoms with Crippen LogP contribution in [0.3, 0.4) is 0 Å². The number of benzene rings is 1. The van der Waals surface area contributed by atoms with Gasteiger partial charge in [0.1, 0.15) is 5.82 Å². The predicted octanol–water partition coefficient (Wildman–Crippen LogP) is 3.34. The van der Waals surface area contributed by atoms with Gasteiger partial charge in [0.2, 0.25) is 0 Å². The molecular formula is C11H12BrClFNO. The van der Waals surface area contributed by atoms with Gasteiger partial charge in [-0.15, -0.1) is 11.6 Å². The molecular weight excluding hydrogens is 296 g/mol. The van der Waals surface area contributed by atoms with Crippen LogP contribution in [0.4, 0.5) is 4.39 Å². The summed E-state index contributed by atoms with van der Waals surface area (Å²) in [5.41, 5.74) is 0.0378. The van der Waals surface area contributed by atoms with Crippen LogP contribution >= 0.6 is 27.5 Å². The van der Waals surface area contributed by atoms with Crippen molar-refractivity contribution in [2.75, 3.05) is 5.88 Å². The Morgan fingerprint density at radius 1 is 1.62 bits per heavy atom. The Morgan fingerprint density at radius 3 is 2.94 bits per heavy atom. The summed E-state index contributed by atoms with van der Waals surface area (Å²) in [5.74, 6) is -0.503. The molecule has 1 aromatic rings. The number of amides is 1. The molecule has 0 fully saturated rings. The van der Waals surface area contributed by atoms with Gasteiger partial charge in [0.05, 0.1) is 10.0 Å². The molecule has 1 amide bonds. The third-order valence-electron chi connectivity index (χ3n) is 2.12. The molecule has 0 aliphatic carbocycles. The lowest BCUT2D eigenvalue weighted by Crippen LogP contribution is -2.33. The summed E-state index contributed by atoms with van der Waals surface area (Å²) in [6.45, 7) is 1.83. The fourth-order valence-corrected chi connectivity index (χ4v) is 1.91. The molecule has 1 atom stereocenters. The molecule has 0 saturated carbocycles. The molecule has 16 heavy (non-hydrogen) atoms. The maximum absolute atomic E-state index is 13.6. The summed E-state index contributed by atoms with van der Waals surface area (Å²) in [4.78, 5) is 11.7. The van der Waals surface area contributed by atoms with E-state index in [1.165, 1.54) is 6.07 Å². The summed E-state index contributed by atoms with van der Waals surface area (Å²) in [6.07, 6.45) is 0.656. The van der Waals surface area contributed by atoms with Gasteiger partial charge in [-0.25, -0.2) is 4.39 Å². The van der Waals surface area contributed by atoms with Crippen molar-refractivity contribution in [1.29, 1.82) is 0 Å². The molecule has 0 aromatic heterocycles. The molecule has 1 rings (SSSR count). The largest absolute Gasteiger partial charge is 0.349 e. The SMILES string of the molecule is CC(CCCl)NC(=O)c1cccc(Br)c1F. The van der Waals surface area contributed by atoms with Crippen LogP contribution in [0.2, 0.25) is 0 Å². The van der Waals surface area contributed by atoms with E-state index in [2.05, 4.69) is 21.2 Å². The van der Waals surface area contributed by atoms with E-state index >= 15 is 0 Å². The number of hydrogen-bond acceptors (Lipinski definition) is 1. The van der Waals surface area contributed by atoms with E-state index in [0.717, 1.165) is 0 Å².